The zero-order valence-corrected chi connectivity index (χ0v) is 21.1. The molecule has 1 unspecified atom stereocenters. The lowest BCUT2D eigenvalue weighted by Crippen LogP contribution is -2.42. The van der Waals surface area contributed by atoms with E-state index in [2.05, 4.69) is 15.2 Å². The molecule has 0 saturated carbocycles. The van der Waals surface area contributed by atoms with Crippen molar-refractivity contribution < 1.29 is 24.1 Å². The maximum Gasteiger partial charge on any atom is 0.251 e. The number of carbonyl (C=O) groups is 1. The highest BCUT2D eigenvalue weighted by molar-refractivity contribution is 7.19. The number of pyridine rings is 1. The van der Waals surface area contributed by atoms with E-state index in [1.54, 1.807) is 38.1 Å². The summed E-state index contributed by atoms with van der Waals surface area (Å²) in [5, 5.41) is 23.0. The number of thiophene rings is 1. The fourth-order valence-electron chi connectivity index (χ4n) is 4.12. The summed E-state index contributed by atoms with van der Waals surface area (Å²) in [6, 6.07) is 11.7. The van der Waals surface area contributed by atoms with E-state index in [0.29, 0.717) is 46.4 Å². The molecule has 0 spiro atoms. The van der Waals surface area contributed by atoms with Crippen molar-refractivity contribution in [3.63, 3.8) is 0 Å². The summed E-state index contributed by atoms with van der Waals surface area (Å²) in [7, 11) is 0. The Hall–Kier alpha value is -2.89. The molecule has 1 amide bonds. The first-order valence-corrected chi connectivity index (χ1v) is 12.6. The van der Waals surface area contributed by atoms with Gasteiger partial charge in [-0.05, 0) is 50.1 Å². The number of nitrogens with two attached hydrogens (primary N) is 1. The number of ether oxygens (including phenoxy) is 1. The number of carbonyl (C=O) groups excluding carboxylic acids is 1. The molecule has 3 heterocycles. The van der Waals surface area contributed by atoms with Crippen molar-refractivity contribution in [3.8, 4) is 10.4 Å². The van der Waals surface area contributed by atoms with Gasteiger partial charge in [0.15, 0.2) is 0 Å². The first kappa shape index (κ1) is 26.2. The number of aliphatic hydroxyl groups excluding tert-OH is 1. The van der Waals surface area contributed by atoms with Gasteiger partial charge in [-0.15, -0.1) is 11.3 Å². The van der Waals surface area contributed by atoms with Crippen molar-refractivity contribution in [2.24, 2.45) is 5.73 Å². The Morgan fingerprint density at radius 2 is 2.14 bits per heavy atom. The number of morpholine rings is 1. The lowest BCUT2D eigenvalue weighted by Gasteiger charge is -2.32. The molecular formula is C26H31FN4O4S. The van der Waals surface area contributed by atoms with Crippen LogP contribution in [0.2, 0.25) is 0 Å². The van der Waals surface area contributed by atoms with Crippen LogP contribution in [0.3, 0.4) is 0 Å². The minimum Gasteiger partial charge on any atom is -0.396 e. The molecule has 0 radical (unpaired) electrons. The molecule has 1 aromatic carbocycles. The van der Waals surface area contributed by atoms with Crippen LogP contribution in [0.15, 0.2) is 42.5 Å². The molecule has 1 fully saturated rings. The van der Waals surface area contributed by atoms with E-state index in [1.807, 2.05) is 12.1 Å². The third-order valence-corrected chi connectivity index (χ3v) is 7.13. The van der Waals surface area contributed by atoms with Crippen LogP contribution in [0.25, 0.3) is 10.4 Å². The normalized spacial score (nSPS) is 16.8. The van der Waals surface area contributed by atoms with Crippen molar-refractivity contribution in [2.45, 2.75) is 38.5 Å². The maximum absolute atomic E-state index is 14.9. The predicted molar refractivity (Wildman–Crippen MR) is 138 cm³/mol. The predicted octanol–water partition coefficient (Wildman–Crippen LogP) is 3.60. The monoisotopic (exact) mass is 514 g/mol. The SMILES string of the molecule is CC(C)(O)c1ccc(-c2cc(C(N)=O)c(Nc3cccc(CN4CCOC(CCO)C4)n3)s2)c(F)c1. The van der Waals surface area contributed by atoms with Gasteiger partial charge in [-0.25, -0.2) is 9.37 Å². The molecule has 5 N–H and O–H groups in total. The zero-order valence-electron chi connectivity index (χ0n) is 20.3. The molecule has 192 valence electrons. The minimum absolute atomic E-state index is 0.00522. The number of hydrogen-bond acceptors (Lipinski definition) is 8. The summed E-state index contributed by atoms with van der Waals surface area (Å²) in [4.78, 5) is 19.6. The molecule has 1 aliphatic heterocycles. The molecule has 1 aliphatic rings. The first-order chi connectivity index (χ1) is 17.1. The number of nitrogens with zero attached hydrogens (tertiary/aromatic N) is 2. The maximum atomic E-state index is 14.9. The number of nitrogens with one attached hydrogen (secondary N) is 1. The molecule has 0 aliphatic carbocycles. The van der Waals surface area contributed by atoms with Crippen LogP contribution in [0.1, 0.15) is 41.9 Å². The van der Waals surface area contributed by atoms with Gasteiger partial charge in [0.05, 0.1) is 29.6 Å². The molecule has 0 bridgehead atoms. The van der Waals surface area contributed by atoms with Crippen molar-refractivity contribution in [3.05, 3.63) is 65.1 Å². The van der Waals surface area contributed by atoms with Gasteiger partial charge < -0.3 is 26.0 Å². The number of rotatable bonds is 9. The van der Waals surface area contributed by atoms with Gasteiger partial charge in [-0.3, -0.25) is 9.69 Å². The number of aromatic nitrogens is 1. The molecule has 4 rings (SSSR count). The second-order valence-corrected chi connectivity index (χ2v) is 10.4. The van der Waals surface area contributed by atoms with E-state index in [1.165, 1.54) is 17.4 Å². The molecule has 8 nitrogen and oxygen atoms in total. The smallest absolute Gasteiger partial charge is 0.251 e. The summed E-state index contributed by atoms with van der Waals surface area (Å²) in [6.07, 6.45) is 0.606. The fraction of sp³-hybridized carbons (Fsp3) is 0.385. The van der Waals surface area contributed by atoms with Gasteiger partial charge in [0, 0.05) is 36.7 Å². The minimum atomic E-state index is -1.17. The zero-order chi connectivity index (χ0) is 25.9. The average Bonchev–Trinajstić information content (AvgIpc) is 3.23. The van der Waals surface area contributed by atoms with E-state index in [4.69, 9.17) is 10.5 Å². The number of primary amides is 1. The van der Waals surface area contributed by atoms with Crippen LogP contribution in [0.5, 0.6) is 0 Å². The summed E-state index contributed by atoms with van der Waals surface area (Å²) in [6.45, 7) is 6.00. The van der Waals surface area contributed by atoms with Crippen LogP contribution >= 0.6 is 11.3 Å². The Balaban J connectivity index is 1.54. The van der Waals surface area contributed by atoms with E-state index in [0.717, 1.165) is 18.8 Å². The van der Waals surface area contributed by atoms with Crippen LogP contribution in [-0.2, 0) is 16.9 Å². The fourth-order valence-corrected chi connectivity index (χ4v) is 5.22. The molecule has 36 heavy (non-hydrogen) atoms. The third-order valence-electron chi connectivity index (χ3n) is 6.05. The highest BCUT2D eigenvalue weighted by Crippen LogP contribution is 2.38. The molecule has 2 aromatic heterocycles. The first-order valence-electron chi connectivity index (χ1n) is 11.8. The topological polar surface area (TPSA) is 121 Å². The van der Waals surface area contributed by atoms with Crippen molar-refractivity contribution in [2.75, 3.05) is 31.6 Å². The van der Waals surface area contributed by atoms with Gasteiger partial charge in [-0.2, -0.15) is 0 Å². The molecule has 1 saturated heterocycles. The summed E-state index contributed by atoms with van der Waals surface area (Å²) in [5.41, 5.74) is 6.30. The van der Waals surface area contributed by atoms with E-state index >= 15 is 0 Å². The molecule has 1 atom stereocenters. The standard InChI is InChI=1S/C26H31FN4O4S/c1-26(2,34)16-6-7-19(21(27)12-16)22-13-20(24(28)33)25(36-22)30-23-5-3-4-17(29-23)14-31-9-11-35-18(15-31)8-10-32/h3-7,12-13,18,32,34H,8-11,14-15H2,1-2H3,(H2,28,33)(H,29,30). The largest absolute Gasteiger partial charge is 0.396 e. The lowest BCUT2D eigenvalue weighted by molar-refractivity contribution is -0.0410. The van der Waals surface area contributed by atoms with Crippen LogP contribution < -0.4 is 11.1 Å². The van der Waals surface area contributed by atoms with Crippen molar-refractivity contribution in [1.29, 1.82) is 0 Å². The number of aliphatic hydroxyl groups is 2. The number of amides is 1. The number of anilines is 2. The van der Waals surface area contributed by atoms with Crippen molar-refractivity contribution >= 4 is 28.1 Å². The van der Waals surface area contributed by atoms with Gasteiger partial charge >= 0.3 is 0 Å². The third kappa shape index (κ3) is 6.26. The highest BCUT2D eigenvalue weighted by atomic mass is 32.1. The average molecular weight is 515 g/mol. The molecule has 10 heteroatoms. The number of hydrogen-bond donors (Lipinski definition) is 4. The van der Waals surface area contributed by atoms with Gasteiger partial charge in [-0.1, -0.05) is 18.2 Å². The Morgan fingerprint density at radius 3 is 2.83 bits per heavy atom. The molecular weight excluding hydrogens is 483 g/mol. The van der Waals surface area contributed by atoms with Crippen LogP contribution in [0, 0.1) is 5.82 Å². The lowest BCUT2D eigenvalue weighted by atomic mass is 9.96. The van der Waals surface area contributed by atoms with Crippen LogP contribution in [0.4, 0.5) is 15.2 Å². The number of benzene rings is 1. The van der Waals surface area contributed by atoms with Crippen LogP contribution in [-0.4, -0.2) is 58.4 Å². The van der Waals surface area contributed by atoms with Gasteiger partial charge in [0.25, 0.3) is 5.91 Å². The number of halogens is 1. The Kier molecular flexibility index (Phi) is 8.01. The molecule has 3 aromatic rings. The summed E-state index contributed by atoms with van der Waals surface area (Å²) >= 11 is 1.21. The second-order valence-electron chi connectivity index (χ2n) is 9.35. The van der Waals surface area contributed by atoms with E-state index in [9.17, 15) is 19.4 Å². The van der Waals surface area contributed by atoms with Crippen molar-refractivity contribution in [1.82, 2.24) is 9.88 Å². The Labute approximate surface area is 213 Å². The summed E-state index contributed by atoms with van der Waals surface area (Å²) in [5.74, 6) is -0.585. The van der Waals surface area contributed by atoms with E-state index in [-0.39, 0.29) is 18.3 Å². The quantitative estimate of drug-likeness (QED) is 0.344. The van der Waals surface area contributed by atoms with E-state index < -0.39 is 17.3 Å². The van der Waals surface area contributed by atoms with Gasteiger partial charge in [0.2, 0.25) is 0 Å². The Morgan fingerprint density at radius 1 is 1.33 bits per heavy atom. The Bertz CT molecular complexity index is 1220. The summed E-state index contributed by atoms with van der Waals surface area (Å²) < 4.78 is 20.6. The second kappa shape index (κ2) is 11.0. The highest BCUT2D eigenvalue weighted by Gasteiger charge is 2.22. The van der Waals surface area contributed by atoms with Gasteiger partial charge in [0.1, 0.15) is 16.6 Å².